The van der Waals surface area contributed by atoms with Gasteiger partial charge < -0.3 is 5.32 Å². The lowest BCUT2D eigenvalue weighted by Gasteiger charge is -2.26. The van der Waals surface area contributed by atoms with Gasteiger partial charge in [0.15, 0.2) is 16.8 Å². The average Bonchev–Trinajstić information content (AvgIpc) is 3.26. The van der Waals surface area contributed by atoms with E-state index in [9.17, 15) is 9.59 Å². The molecule has 7 nitrogen and oxygen atoms in total. The summed E-state index contributed by atoms with van der Waals surface area (Å²) < 4.78 is 2.07. The van der Waals surface area contributed by atoms with Crippen molar-refractivity contribution in [3.8, 4) is 5.69 Å². The van der Waals surface area contributed by atoms with Crippen LogP contribution in [0.25, 0.3) is 5.69 Å². The lowest BCUT2D eigenvalue weighted by Crippen LogP contribution is -2.30. The zero-order chi connectivity index (χ0) is 24.6. The Balaban J connectivity index is 1.43. The van der Waals surface area contributed by atoms with E-state index < -0.39 is 0 Å². The summed E-state index contributed by atoms with van der Waals surface area (Å²) in [5.74, 6) is 1.44. The van der Waals surface area contributed by atoms with Gasteiger partial charge in [0.1, 0.15) is 0 Å². The molecule has 0 unspecified atom stereocenters. The second kappa shape index (κ2) is 12.1. The number of rotatable bonds is 10. The molecule has 1 aliphatic rings. The fourth-order valence-electron chi connectivity index (χ4n) is 4.19. The Bertz CT molecular complexity index is 1120. The summed E-state index contributed by atoms with van der Waals surface area (Å²) in [5, 5.41) is 12.5. The Morgan fingerprint density at radius 1 is 0.971 bits per heavy atom. The van der Waals surface area contributed by atoms with Crippen LogP contribution in [0.4, 0.5) is 5.69 Å². The van der Waals surface area contributed by atoms with Crippen LogP contribution in [0.5, 0.6) is 0 Å². The van der Waals surface area contributed by atoms with Gasteiger partial charge in [-0.15, -0.1) is 10.2 Å². The molecule has 1 aliphatic heterocycles. The van der Waals surface area contributed by atoms with Crippen molar-refractivity contribution in [3.05, 3.63) is 66.0 Å². The molecular weight excluding hydrogens is 458 g/mol. The molecule has 35 heavy (non-hydrogen) atoms. The summed E-state index contributed by atoms with van der Waals surface area (Å²) in [6.07, 6.45) is 4.20. The predicted octanol–water partition coefficient (Wildman–Crippen LogP) is 5.21. The fraction of sp³-hybridized carbons (Fsp3) is 0.407. The second-order valence-electron chi connectivity index (χ2n) is 9.34. The van der Waals surface area contributed by atoms with Crippen LogP contribution in [0.1, 0.15) is 55.7 Å². The molecule has 184 valence electrons. The molecule has 0 spiro atoms. The molecule has 1 saturated heterocycles. The van der Waals surface area contributed by atoms with E-state index in [-0.39, 0.29) is 17.4 Å². The molecule has 0 aliphatic carbocycles. The van der Waals surface area contributed by atoms with Gasteiger partial charge in [-0.2, -0.15) is 0 Å². The zero-order valence-electron chi connectivity index (χ0n) is 20.4. The molecular formula is C27H33N5O2S. The number of nitrogens with zero attached hydrogens (tertiary/aromatic N) is 4. The first-order valence-corrected chi connectivity index (χ1v) is 13.3. The second-order valence-corrected chi connectivity index (χ2v) is 10.3. The molecule has 0 radical (unpaired) electrons. The molecule has 3 aromatic rings. The maximum absolute atomic E-state index is 12.9. The molecule has 1 amide bonds. The number of anilines is 1. The molecule has 0 atom stereocenters. The number of aromatic nitrogens is 3. The number of piperidine rings is 1. The van der Waals surface area contributed by atoms with Crippen molar-refractivity contribution >= 4 is 29.1 Å². The van der Waals surface area contributed by atoms with Crippen LogP contribution in [0.15, 0.2) is 59.8 Å². The number of nitrogens with one attached hydrogen (secondary N) is 1. The maximum atomic E-state index is 12.9. The third-order valence-corrected chi connectivity index (χ3v) is 6.87. The van der Waals surface area contributed by atoms with E-state index in [2.05, 4.69) is 25.0 Å². The predicted molar refractivity (Wildman–Crippen MR) is 140 cm³/mol. The van der Waals surface area contributed by atoms with Crippen LogP contribution >= 0.6 is 11.8 Å². The van der Waals surface area contributed by atoms with Crippen LogP contribution in [-0.2, 0) is 11.3 Å². The third-order valence-electron chi connectivity index (χ3n) is 5.95. The van der Waals surface area contributed by atoms with E-state index >= 15 is 0 Å². The Hall–Kier alpha value is -2.97. The van der Waals surface area contributed by atoms with Gasteiger partial charge in [0.2, 0.25) is 5.91 Å². The number of carbonyl (C=O) groups is 2. The number of hydrogen-bond acceptors (Lipinski definition) is 6. The first kappa shape index (κ1) is 25.1. The van der Waals surface area contributed by atoms with Gasteiger partial charge in [-0.05, 0) is 68.2 Å². The SMILES string of the molecule is CC(C)CC(=O)Nc1ccc(C(=O)CSc2nnc(CN3CCCCC3)n2-c2ccccc2)cc1. The molecule has 1 fully saturated rings. The van der Waals surface area contributed by atoms with E-state index in [4.69, 9.17) is 0 Å². The molecule has 2 aromatic carbocycles. The van der Waals surface area contributed by atoms with Gasteiger partial charge in [0.25, 0.3) is 0 Å². The van der Waals surface area contributed by atoms with Crippen molar-refractivity contribution in [3.63, 3.8) is 0 Å². The number of Topliss-reactive ketones (excluding diaryl/α,β-unsaturated/α-hetero) is 1. The molecule has 2 heterocycles. The van der Waals surface area contributed by atoms with E-state index in [1.54, 1.807) is 24.3 Å². The summed E-state index contributed by atoms with van der Waals surface area (Å²) in [6.45, 7) is 6.93. The van der Waals surface area contributed by atoms with Gasteiger partial charge in [-0.1, -0.05) is 50.2 Å². The molecule has 0 bridgehead atoms. The standard InChI is InChI=1S/C27H33N5O2S/c1-20(2)17-26(34)28-22-13-11-21(12-14-22)24(33)19-35-27-30-29-25(18-31-15-7-4-8-16-31)32(27)23-9-5-3-6-10-23/h3,5-6,9-14,20H,4,7-8,15-19H2,1-2H3,(H,28,34). The van der Waals surface area contributed by atoms with Crippen molar-refractivity contribution in [2.45, 2.75) is 51.2 Å². The topological polar surface area (TPSA) is 80.1 Å². The Kier molecular flexibility index (Phi) is 8.71. The van der Waals surface area contributed by atoms with Crippen molar-refractivity contribution < 1.29 is 9.59 Å². The fourth-order valence-corrected chi connectivity index (χ4v) is 5.05. The highest BCUT2D eigenvalue weighted by atomic mass is 32.2. The number of hydrogen-bond donors (Lipinski definition) is 1. The van der Waals surface area contributed by atoms with E-state index in [1.165, 1.54) is 31.0 Å². The summed E-state index contributed by atoms with van der Waals surface area (Å²) in [7, 11) is 0. The first-order valence-electron chi connectivity index (χ1n) is 12.3. The minimum Gasteiger partial charge on any atom is -0.326 e. The number of thioether (sulfide) groups is 1. The molecule has 1 aromatic heterocycles. The number of ketones is 1. The summed E-state index contributed by atoms with van der Waals surface area (Å²) in [4.78, 5) is 27.3. The Morgan fingerprint density at radius 2 is 1.69 bits per heavy atom. The van der Waals surface area contributed by atoms with Gasteiger partial charge >= 0.3 is 0 Å². The lowest BCUT2D eigenvalue weighted by atomic mass is 10.1. The smallest absolute Gasteiger partial charge is 0.224 e. The zero-order valence-corrected chi connectivity index (χ0v) is 21.3. The highest BCUT2D eigenvalue weighted by Gasteiger charge is 2.20. The van der Waals surface area contributed by atoms with Crippen LogP contribution in [0.2, 0.25) is 0 Å². The van der Waals surface area contributed by atoms with E-state index in [1.807, 2.05) is 44.2 Å². The molecule has 0 saturated carbocycles. The Morgan fingerprint density at radius 3 is 2.37 bits per heavy atom. The van der Waals surface area contributed by atoms with Gasteiger partial charge in [0.05, 0.1) is 12.3 Å². The first-order chi connectivity index (χ1) is 17.0. The normalized spacial score (nSPS) is 14.3. The highest BCUT2D eigenvalue weighted by molar-refractivity contribution is 7.99. The maximum Gasteiger partial charge on any atom is 0.224 e. The van der Waals surface area contributed by atoms with Gasteiger partial charge in [-0.3, -0.25) is 19.1 Å². The minimum atomic E-state index is -0.0183. The lowest BCUT2D eigenvalue weighted by molar-refractivity contribution is -0.116. The van der Waals surface area contributed by atoms with Gasteiger partial charge in [0, 0.05) is 23.4 Å². The minimum absolute atomic E-state index is 0.00949. The number of amides is 1. The van der Waals surface area contributed by atoms with Crippen LogP contribution in [-0.4, -0.2) is 50.2 Å². The van der Waals surface area contributed by atoms with Crippen molar-refractivity contribution in [2.75, 3.05) is 24.2 Å². The molecule has 4 rings (SSSR count). The van der Waals surface area contributed by atoms with Crippen LogP contribution in [0, 0.1) is 5.92 Å². The number of carbonyl (C=O) groups excluding carboxylic acids is 2. The number of para-hydroxylation sites is 1. The summed E-state index contributed by atoms with van der Waals surface area (Å²) in [6, 6.07) is 17.2. The van der Waals surface area contributed by atoms with Crippen molar-refractivity contribution in [1.82, 2.24) is 19.7 Å². The third kappa shape index (κ3) is 7.02. The summed E-state index contributed by atoms with van der Waals surface area (Å²) >= 11 is 1.40. The quantitative estimate of drug-likeness (QED) is 0.310. The Labute approximate surface area is 211 Å². The molecule has 1 N–H and O–H groups in total. The van der Waals surface area contributed by atoms with Gasteiger partial charge in [-0.25, -0.2) is 0 Å². The van der Waals surface area contributed by atoms with Crippen LogP contribution in [0.3, 0.4) is 0 Å². The average molecular weight is 492 g/mol. The van der Waals surface area contributed by atoms with E-state index in [0.29, 0.717) is 28.7 Å². The van der Waals surface area contributed by atoms with Crippen LogP contribution < -0.4 is 5.32 Å². The largest absolute Gasteiger partial charge is 0.326 e. The number of benzene rings is 2. The van der Waals surface area contributed by atoms with E-state index in [0.717, 1.165) is 31.1 Å². The molecule has 8 heteroatoms. The highest BCUT2D eigenvalue weighted by Crippen LogP contribution is 2.25. The number of likely N-dealkylation sites (tertiary alicyclic amines) is 1. The monoisotopic (exact) mass is 491 g/mol. The van der Waals surface area contributed by atoms with Crippen molar-refractivity contribution in [1.29, 1.82) is 0 Å². The van der Waals surface area contributed by atoms with Crippen molar-refractivity contribution in [2.24, 2.45) is 5.92 Å². The summed E-state index contributed by atoms with van der Waals surface area (Å²) in [5.41, 5.74) is 2.31.